The maximum atomic E-state index is 5.52. The first-order valence-corrected chi connectivity index (χ1v) is 27.6. The Labute approximate surface area is 470 Å². The van der Waals surface area contributed by atoms with Crippen LogP contribution in [0, 0.1) is 0 Å². The molecule has 0 aliphatic carbocycles. The molecule has 0 bridgehead atoms. The molecule has 0 fully saturated rings. The summed E-state index contributed by atoms with van der Waals surface area (Å²) in [6.45, 7) is 2.01. The number of para-hydroxylation sites is 4. The van der Waals surface area contributed by atoms with E-state index in [2.05, 4.69) is 206 Å². The van der Waals surface area contributed by atoms with Crippen molar-refractivity contribution in [2.45, 2.75) is 13.3 Å². The van der Waals surface area contributed by atoms with Gasteiger partial charge >= 0.3 is 0 Å². The van der Waals surface area contributed by atoms with Crippen LogP contribution in [0.3, 0.4) is 0 Å². The normalized spacial score (nSPS) is 12.2. The molecule has 0 aliphatic rings. The molecule has 10 heteroatoms. The molecule has 10 aromatic carbocycles. The third kappa shape index (κ3) is 7.35. The van der Waals surface area contributed by atoms with Crippen LogP contribution in [0.2, 0.25) is 0 Å². The second-order valence-electron chi connectivity index (χ2n) is 20.5. The lowest BCUT2D eigenvalue weighted by atomic mass is 10.0. The largest absolute Gasteiger partial charge is 0.309 e. The minimum atomic E-state index is 0.514. The molecule has 0 saturated carbocycles. The van der Waals surface area contributed by atoms with Gasteiger partial charge in [-0.1, -0.05) is 194 Å². The molecule has 0 spiro atoms. The van der Waals surface area contributed by atoms with Gasteiger partial charge in [-0.05, 0) is 73.7 Å². The molecule has 386 valence electrons. The Morgan fingerprint density at radius 2 is 0.707 bits per heavy atom. The van der Waals surface area contributed by atoms with Crippen LogP contribution < -0.4 is 0 Å². The molecule has 82 heavy (non-hydrogen) atoms. The van der Waals surface area contributed by atoms with Crippen molar-refractivity contribution in [1.82, 2.24) is 48.2 Å². The first kappa shape index (κ1) is 46.9. The molecule has 6 aromatic heterocycles. The van der Waals surface area contributed by atoms with E-state index in [0.29, 0.717) is 41.6 Å². The van der Waals surface area contributed by atoms with E-state index in [4.69, 9.17) is 29.9 Å². The summed E-state index contributed by atoms with van der Waals surface area (Å²) in [6, 6.07) is 83.2. The van der Waals surface area contributed by atoms with Crippen LogP contribution in [0.5, 0.6) is 0 Å². The highest BCUT2D eigenvalue weighted by Gasteiger charge is 2.29. The average molecular weight is 1050 g/mol. The van der Waals surface area contributed by atoms with Crippen molar-refractivity contribution >= 4 is 87.2 Å². The highest BCUT2D eigenvalue weighted by atomic mass is 15.2. The Kier molecular flexibility index (Phi) is 10.9. The molecule has 0 atom stereocenters. The summed E-state index contributed by atoms with van der Waals surface area (Å²) in [7, 11) is 0. The van der Waals surface area contributed by atoms with Crippen molar-refractivity contribution in [3.8, 4) is 57.4 Å². The number of aromatic nitrogens is 10. The van der Waals surface area contributed by atoms with Gasteiger partial charge < -0.3 is 9.13 Å². The number of fused-ring (bicyclic) bond motifs is 15. The zero-order chi connectivity index (χ0) is 54.3. The van der Waals surface area contributed by atoms with Crippen molar-refractivity contribution < 1.29 is 0 Å². The quantitative estimate of drug-likeness (QED) is 0.127. The third-order valence-corrected chi connectivity index (χ3v) is 15.8. The summed E-state index contributed by atoms with van der Waals surface area (Å²) in [5.41, 5.74) is 13.0. The summed E-state index contributed by atoms with van der Waals surface area (Å²) >= 11 is 0. The van der Waals surface area contributed by atoms with Gasteiger partial charge in [0.05, 0.1) is 44.1 Å². The first-order chi connectivity index (χ1) is 40.7. The number of rotatable bonds is 10. The third-order valence-electron chi connectivity index (χ3n) is 15.8. The highest BCUT2D eigenvalue weighted by Crippen LogP contribution is 2.48. The summed E-state index contributed by atoms with van der Waals surface area (Å²) in [5.74, 6) is 3.52. The van der Waals surface area contributed by atoms with Crippen molar-refractivity contribution in [3.63, 3.8) is 0 Å². The molecule has 0 amide bonds. The van der Waals surface area contributed by atoms with Gasteiger partial charge in [-0.2, -0.15) is 19.9 Å². The summed E-state index contributed by atoms with van der Waals surface area (Å²) in [6.07, 6.45) is 8.71. The second kappa shape index (κ2) is 19.1. The van der Waals surface area contributed by atoms with Gasteiger partial charge in [0.1, 0.15) is 5.82 Å². The maximum Gasteiger partial charge on any atom is 0.238 e. The van der Waals surface area contributed by atoms with Gasteiger partial charge in [0, 0.05) is 77.6 Å². The van der Waals surface area contributed by atoms with E-state index in [1.807, 2.05) is 79.7 Å². The molecule has 16 rings (SSSR count). The number of hydrogen-bond donors (Lipinski definition) is 0. The lowest BCUT2D eigenvalue weighted by Crippen LogP contribution is -2.08. The number of hydrogen-bond acceptors (Lipinski definition) is 6. The molecule has 0 radical (unpaired) electrons. The minimum Gasteiger partial charge on any atom is -0.309 e. The van der Waals surface area contributed by atoms with Gasteiger partial charge in [0.15, 0.2) is 17.5 Å². The summed E-state index contributed by atoms with van der Waals surface area (Å²) in [4.78, 5) is 31.9. The predicted molar refractivity (Wildman–Crippen MR) is 335 cm³/mol. The van der Waals surface area contributed by atoms with Gasteiger partial charge in [-0.25, -0.2) is 9.97 Å². The fourth-order valence-corrected chi connectivity index (χ4v) is 12.4. The number of benzene rings is 10. The Bertz CT molecular complexity index is 5170. The number of nitrogens with zero attached hydrogens (tertiary/aromatic N) is 10. The smallest absolute Gasteiger partial charge is 0.238 e. The van der Waals surface area contributed by atoms with Crippen LogP contribution in [0.4, 0.5) is 0 Å². The lowest BCUT2D eigenvalue weighted by Gasteiger charge is -2.12. The molecule has 0 unspecified atom stereocenters. The van der Waals surface area contributed by atoms with Crippen LogP contribution in [-0.4, -0.2) is 48.2 Å². The van der Waals surface area contributed by atoms with Crippen LogP contribution in [-0.2, 0) is 6.42 Å². The molecular formula is C72H48N10. The van der Waals surface area contributed by atoms with Crippen LogP contribution in [0.25, 0.3) is 145 Å². The lowest BCUT2D eigenvalue weighted by molar-refractivity contribution is 0.883. The molecular weight excluding hydrogens is 1000 g/mol. The summed E-state index contributed by atoms with van der Waals surface area (Å²) < 4.78 is 9.40. The van der Waals surface area contributed by atoms with E-state index in [-0.39, 0.29) is 0 Å². The monoisotopic (exact) mass is 1050 g/mol. The van der Waals surface area contributed by atoms with Crippen LogP contribution in [0.15, 0.2) is 261 Å². The van der Waals surface area contributed by atoms with E-state index in [0.717, 1.165) is 110 Å². The van der Waals surface area contributed by atoms with Gasteiger partial charge in [-0.15, -0.1) is 0 Å². The standard InChI is InChI=1S/C72H48N10/c1-2-3-4-20-39-61-73-68(46-25-10-5-11-26-46)76-71(74-61)81-57-38-24-22-36-53(57)62-59(81)45-42-54-63-58(80(66(54)62)50-33-18-9-19-34-50)44-41-55-64-60(43-40-52-51-35-21-23-37-56(51)79(65(52)64)49-31-16-8-17-32-49)82(67(55)63)72-77-69(47-27-12-6-13-28-47)75-70(78-72)48-29-14-7-15-30-48/h2-38,40-45H,39H2,1H3/b3-2-,20-4-. The van der Waals surface area contributed by atoms with E-state index < -0.39 is 0 Å². The van der Waals surface area contributed by atoms with Gasteiger partial charge in [0.2, 0.25) is 11.9 Å². The molecule has 16 aromatic rings. The fraction of sp³-hybridized carbons (Fsp3) is 0.0278. The molecule has 0 saturated heterocycles. The van der Waals surface area contributed by atoms with Crippen molar-refractivity contribution in [2.75, 3.05) is 0 Å². The average Bonchev–Trinajstić information content (AvgIpc) is 3.44. The summed E-state index contributed by atoms with van der Waals surface area (Å²) in [5, 5.41) is 8.77. The van der Waals surface area contributed by atoms with Gasteiger partial charge in [-0.3, -0.25) is 9.13 Å². The predicted octanol–water partition coefficient (Wildman–Crippen LogP) is 17.1. The van der Waals surface area contributed by atoms with Crippen molar-refractivity contribution in [2.24, 2.45) is 0 Å². The first-order valence-electron chi connectivity index (χ1n) is 27.6. The SMILES string of the molecule is C/C=C\C=C/Cc1nc(-c2ccccc2)nc(-n2c3ccccc3c3c2ccc2c4c(ccc5c6c(ccc7c8ccccc8n(-c8ccccc8)c76)n(-c6nc(-c7ccccc7)nc(-c7ccccc7)n6)c54)n(-c4ccccc4)c23)n1. The molecule has 6 heterocycles. The highest BCUT2D eigenvalue weighted by molar-refractivity contribution is 6.35. The van der Waals surface area contributed by atoms with Gasteiger partial charge in [0.25, 0.3) is 0 Å². The number of allylic oxidation sites excluding steroid dienone is 4. The Morgan fingerprint density at radius 3 is 1.27 bits per heavy atom. The van der Waals surface area contributed by atoms with Crippen molar-refractivity contribution in [3.05, 3.63) is 267 Å². The second-order valence-corrected chi connectivity index (χ2v) is 20.5. The van der Waals surface area contributed by atoms with Crippen LogP contribution in [0.1, 0.15) is 12.7 Å². The van der Waals surface area contributed by atoms with Crippen molar-refractivity contribution in [1.29, 1.82) is 0 Å². The Balaban J connectivity index is 1.09. The van der Waals surface area contributed by atoms with E-state index in [1.54, 1.807) is 0 Å². The Hall–Kier alpha value is -11.1. The molecule has 10 nitrogen and oxygen atoms in total. The molecule has 0 N–H and O–H groups in total. The maximum absolute atomic E-state index is 5.52. The zero-order valence-electron chi connectivity index (χ0n) is 44.5. The zero-order valence-corrected chi connectivity index (χ0v) is 44.5. The minimum absolute atomic E-state index is 0.514. The van der Waals surface area contributed by atoms with Crippen LogP contribution >= 0.6 is 0 Å². The molecule has 0 aliphatic heterocycles. The van der Waals surface area contributed by atoms with E-state index in [1.165, 1.54) is 5.39 Å². The fourth-order valence-electron chi connectivity index (χ4n) is 12.4. The Morgan fingerprint density at radius 1 is 0.305 bits per heavy atom. The van der Waals surface area contributed by atoms with E-state index in [9.17, 15) is 0 Å². The topological polar surface area (TPSA) is 97.1 Å². The van der Waals surface area contributed by atoms with E-state index >= 15 is 0 Å².